The molecule has 0 aromatic carbocycles. The summed E-state index contributed by atoms with van der Waals surface area (Å²) >= 11 is 0. The minimum atomic E-state index is -0.257. The van der Waals surface area contributed by atoms with Crippen LogP contribution in [0.15, 0.2) is 0 Å². The van der Waals surface area contributed by atoms with Crippen LogP contribution >= 0.6 is 0 Å². The summed E-state index contributed by atoms with van der Waals surface area (Å²) in [7, 11) is 0. The van der Waals surface area contributed by atoms with Gasteiger partial charge in [0.15, 0.2) is 0 Å². The first kappa shape index (κ1) is 9.96. The number of hydrogen-bond acceptors (Lipinski definition) is 3. The van der Waals surface area contributed by atoms with Crippen LogP contribution in [0.25, 0.3) is 0 Å². The number of aliphatic hydroxyl groups is 1. The van der Waals surface area contributed by atoms with Gasteiger partial charge in [0.1, 0.15) is 6.23 Å². The smallest absolute Gasteiger partial charge is 0.113 e. The summed E-state index contributed by atoms with van der Waals surface area (Å²) in [5, 5.41) is 9.22. The standard InChI is InChI=1S/C9H19NO2/c1-7(2)9-10(4-5-12-9)6-8(3)11/h7-9,11H,4-6H2,1-3H3/t8-,9+/m1/s1. The van der Waals surface area contributed by atoms with E-state index in [1.807, 2.05) is 6.92 Å². The maximum atomic E-state index is 9.22. The maximum Gasteiger partial charge on any atom is 0.113 e. The molecule has 0 amide bonds. The first-order chi connectivity index (χ1) is 5.61. The fourth-order valence-corrected chi connectivity index (χ4v) is 1.67. The third-order valence-electron chi connectivity index (χ3n) is 2.10. The molecule has 72 valence electrons. The van der Waals surface area contributed by atoms with Crippen molar-refractivity contribution in [3.63, 3.8) is 0 Å². The monoisotopic (exact) mass is 173 g/mol. The molecule has 12 heavy (non-hydrogen) atoms. The van der Waals surface area contributed by atoms with E-state index in [1.54, 1.807) is 0 Å². The molecule has 1 rings (SSSR count). The van der Waals surface area contributed by atoms with Crippen molar-refractivity contribution in [1.29, 1.82) is 0 Å². The summed E-state index contributed by atoms with van der Waals surface area (Å²) in [6.45, 7) is 8.58. The molecule has 1 aliphatic heterocycles. The Balaban J connectivity index is 2.41. The molecule has 1 saturated heterocycles. The fraction of sp³-hybridized carbons (Fsp3) is 1.00. The molecule has 0 radical (unpaired) electrons. The predicted molar refractivity (Wildman–Crippen MR) is 47.8 cm³/mol. The van der Waals surface area contributed by atoms with Crippen LogP contribution < -0.4 is 0 Å². The first-order valence-corrected chi connectivity index (χ1v) is 4.65. The highest BCUT2D eigenvalue weighted by Crippen LogP contribution is 2.17. The second-order valence-electron chi connectivity index (χ2n) is 3.85. The van der Waals surface area contributed by atoms with Crippen LogP contribution in [0.1, 0.15) is 20.8 Å². The van der Waals surface area contributed by atoms with Crippen LogP contribution in [0.2, 0.25) is 0 Å². The van der Waals surface area contributed by atoms with Crippen LogP contribution in [0.3, 0.4) is 0 Å². The van der Waals surface area contributed by atoms with Crippen molar-refractivity contribution in [3.8, 4) is 0 Å². The van der Waals surface area contributed by atoms with E-state index in [0.717, 1.165) is 19.7 Å². The molecule has 1 fully saturated rings. The van der Waals surface area contributed by atoms with Gasteiger partial charge in [0.2, 0.25) is 0 Å². The summed E-state index contributed by atoms with van der Waals surface area (Å²) in [6.07, 6.45) is -0.0486. The average Bonchev–Trinajstić information content (AvgIpc) is 2.33. The third-order valence-corrected chi connectivity index (χ3v) is 2.10. The van der Waals surface area contributed by atoms with Crippen molar-refractivity contribution in [2.75, 3.05) is 19.7 Å². The Morgan fingerprint density at radius 1 is 1.50 bits per heavy atom. The molecule has 0 aromatic heterocycles. The second kappa shape index (κ2) is 4.21. The van der Waals surface area contributed by atoms with Gasteiger partial charge in [0.25, 0.3) is 0 Å². The summed E-state index contributed by atoms with van der Waals surface area (Å²) in [4.78, 5) is 2.20. The molecule has 0 bridgehead atoms. The Labute approximate surface area is 74.3 Å². The van der Waals surface area contributed by atoms with Gasteiger partial charge in [-0.2, -0.15) is 0 Å². The lowest BCUT2D eigenvalue weighted by molar-refractivity contribution is -0.0167. The van der Waals surface area contributed by atoms with Gasteiger partial charge < -0.3 is 9.84 Å². The largest absolute Gasteiger partial charge is 0.392 e. The minimum absolute atomic E-state index is 0.208. The van der Waals surface area contributed by atoms with Crippen molar-refractivity contribution in [3.05, 3.63) is 0 Å². The molecule has 1 aliphatic rings. The molecular weight excluding hydrogens is 154 g/mol. The molecule has 0 aliphatic carbocycles. The first-order valence-electron chi connectivity index (χ1n) is 4.65. The van der Waals surface area contributed by atoms with Gasteiger partial charge >= 0.3 is 0 Å². The zero-order valence-corrected chi connectivity index (χ0v) is 8.16. The van der Waals surface area contributed by atoms with Crippen LogP contribution in [-0.2, 0) is 4.74 Å². The van der Waals surface area contributed by atoms with E-state index in [2.05, 4.69) is 18.7 Å². The average molecular weight is 173 g/mol. The molecule has 2 atom stereocenters. The summed E-state index contributed by atoms with van der Waals surface area (Å²) in [5.74, 6) is 0.506. The highest BCUT2D eigenvalue weighted by molar-refractivity contribution is 4.73. The van der Waals surface area contributed by atoms with Gasteiger partial charge in [0.05, 0.1) is 12.7 Å². The van der Waals surface area contributed by atoms with E-state index in [9.17, 15) is 5.11 Å². The summed E-state index contributed by atoms with van der Waals surface area (Å²) in [5.41, 5.74) is 0. The Bertz CT molecular complexity index is 136. The normalized spacial score (nSPS) is 28.2. The molecule has 3 nitrogen and oxygen atoms in total. The summed E-state index contributed by atoms with van der Waals surface area (Å²) < 4.78 is 5.54. The highest BCUT2D eigenvalue weighted by Gasteiger charge is 2.28. The molecule has 0 unspecified atom stereocenters. The predicted octanol–water partition coefficient (Wildman–Crippen LogP) is 0.681. The quantitative estimate of drug-likeness (QED) is 0.681. The number of nitrogens with zero attached hydrogens (tertiary/aromatic N) is 1. The Morgan fingerprint density at radius 3 is 2.67 bits per heavy atom. The van der Waals surface area contributed by atoms with E-state index in [1.165, 1.54) is 0 Å². The van der Waals surface area contributed by atoms with Crippen molar-refractivity contribution >= 4 is 0 Å². The number of ether oxygens (including phenoxy) is 1. The van der Waals surface area contributed by atoms with Crippen LogP contribution in [0.5, 0.6) is 0 Å². The number of β-amino-alcohol motifs (C(OH)–C–C–N with tert-alkyl or cyclic N) is 1. The third kappa shape index (κ3) is 2.44. The van der Waals surface area contributed by atoms with Gasteiger partial charge in [-0.15, -0.1) is 0 Å². The Hall–Kier alpha value is -0.120. The minimum Gasteiger partial charge on any atom is -0.392 e. The van der Waals surface area contributed by atoms with Crippen molar-refractivity contribution < 1.29 is 9.84 Å². The van der Waals surface area contributed by atoms with Gasteiger partial charge in [-0.1, -0.05) is 13.8 Å². The lowest BCUT2D eigenvalue weighted by Gasteiger charge is -2.26. The maximum absolute atomic E-state index is 9.22. The van der Waals surface area contributed by atoms with Gasteiger partial charge in [-0.05, 0) is 12.8 Å². The second-order valence-corrected chi connectivity index (χ2v) is 3.85. The Kier molecular flexibility index (Phi) is 3.50. The Morgan fingerprint density at radius 2 is 2.17 bits per heavy atom. The zero-order valence-electron chi connectivity index (χ0n) is 8.16. The van der Waals surface area contributed by atoms with Crippen molar-refractivity contribution in [1.82, 2.24) is 4.90 Å². The van der Waals surface area contributed by atoms with E-state index in [4.69, 9.17) is 4.74 Å². The van der Waals surface area contributed by atoms with Gasteiger partial charge in [-0.3, -0.25) is 4.90 Å². The SMILES string of the molecule is CC(C)[C@@H]1OCCN1C[C@@H](C)O. The zero-order chi connectivity index (χ0) is 9.14. The topological polar surface area (TPSA) is 32.7 Å². The molecule has 0 spiro atoms. The molecule has 0 aromatic rings. The van der Waals surface area contributed by atoms with E-state index in [0.29, 0.717) is 5.92 Å². The lowest BCUT2D eigenvalue weighted by Crippen LogP contribution is -2.38. The fourth-order valence-electron chi connectivity index (χ4n) is 1.67. The van der Waals surface area contributed by atoms with Crippen LogP contribution in [0, 0.1) is 5.92 Å². The number of aliphatic hydroxyl groups excluding tert-OH is 1. The van der Waals surface area contributed by atoms with E-state index < -0.39 is 0 Å². The van der Waals surface area contributed by atoms with E-state index in [-0.39, 0.29) is 12.3 Å². The van der Waals surface area contributed by atoms with Crippen LogP contribution in [-0.4, -0.2) is 42.0 Å². The lowest BCUT2D eigenvalue weighted by atomic mass is 10.1. The van der Waals surface area contributed by atoms with Gasteiger partial charge in [-0.25, -0.2) is 0 Å². The molecule has 0 saturated carbocycles. The van der Waals surface area contributed by atoms with Gasteiger partial charge in [0, 0.05) is 13.1 Å². The number of rotatable bonds is 3. The molecule has 1 heterocycles. The summed E-state index contributed by atoms with van der Waals surface area (Å²) in [6, 6.07) is 0. The van der Waals surface area contributed by atoms with Crippen molar-refractivity contribution in [2.24, 2.45) is 5.92 Å². The number of hydrogen-bond donors (Lipinski definition) is 1. The molecule has 3 heteroatoms. The van der Waals surface area contributed by atoms with Crippen LogP contribution in [0.4, 0.5) is 0 Å². The highest BCUT2D eigenvalue weighted by atomic mass is 16.5. The van der Waals surface area contributed by atoms with E-state index >= 15 is 0 Å². The molecule has 1 N–H and O–H groups in total. The van der Waals surface area contributed by atoms with Crippen molar-refractivity contribution in [2.45, 2.75) is 33.1 Å². The molecular formula is C9H19NO2.